The summed E-state index contributed by atoms with van der Waals surface area (Å²) in [5, 5.41) is 0. The topological polar surface area (TPSA) is 4.44 Å². The molecule has 1 heterocycles. The summed E-state index contributed by atoms with van der Waals surface area (Å²) in [5.41, 5.74) is 1.54. The van der Waals surface area contributed by atoms with Crippen molar-refractivity contribution in [3.05, 3.63) is 35.9 Å². The maximum atomic E-state index is 2.29. The van der Waals surface area contributed by atoms with Crippen molar-refractivity contribution in [3.8, 4) is 0 Å². The first-order valence-electron chi connectivity index (χ1n) is 5.22. The van der Waals surface area contributed by atoms with E-state index in [1.165, 1.54) is 31.5 Å². The number of rotatable bonds is 1. The molecule has 1 nitrogen and oxygen atoms in total. The molecule has 0 bridgehead atoms. The average Bonchev–Trinajstić information content (AvgIpc) is 2.20. The molecule has 78 valence electrons. The Morgan fingerprint density at radius 3 is 2.21 bits per heavy atom. The molecule has 1 N–H and O–H groups in total. The highest BCUT2D eigenvalue weighted by molar-refractivity contribution is 5.19. The number of benzene rings is 1. The number of quaternary nitrogens is 1. The van der Waals surface area contributed by atoms with E-state index < -0.39 is 0 Å². The van der Waals surface area contributed by atoms with Crippen LogP contribution >= 0.6 is 0 Å². The van der Waals surface area contributed by atoms with Crippen molar-refractivity contribution in [2.45, 2.75) is 18.8 Å². The predicted molar refractivity (Wildman–Crippen MR) is 55.0 cm³/mol. The third-order valence-electron chi connectivity index (χ3n) is 3.11. The monoisotopic (exact) mass is 255 g/mol. The van der Waals surface area contributed by atoms with Crippen LogP contribution in [0, 0.1) is 0 Å². The molecule has 0 aliphatic carbocycles. The standard InChI is InChI=1S/C12H17N.BrH/c1-13-9-7-12(8-10-13)11-5-3-2-4-6-11;/h2-6,12H,7-10H2,1H3;1H. The van der Waals surface area contributed by atoms with E-state index in [4.69, 9.17) is 0 Å². The van der Waals surface area contributed by atoms with Crippen LogP contribution in [0.3, 0.4) is 0 Å². The number of hydrogen-bond acceptors (Lipinski definition) is 0. The van der Waals surface area contributed by atoms with Gasteiger partial charge in [0.05, 0.1) is 20.1 Å². The molecule has 0 amide bonds. The van der Waals surface area contributed by atoms with Crippen LogP contribution in [0.4, 0.5) is 0 Å². The third-order valence-corrected chi connectivity index (χ3v) is 3.11. The highest BCUT2D eigenvalue weighted by Gasteiger charge is 2.20. The molecule has 1 fully saturated rings. The predicted octanol–water partition coefficient (Wildman–Crippen LogP) is -1.92. The number of nitrogens with one attached hydrogen (secondary N) is 1. The average molecular weight is 256 g/mol. The third kappa shape index (κ3) is 2.82. The molecule has 1 aromatic carbocycles. The molecule has 1 aliphatic heterocycles. The van der Waals surface area contributed by atoms with Crippen LogP contribution in [0.2, 0.25) is 0 Å². The Bertz CT molecular complexity index is 252. The first-order chi connectivity index (χ1) is 6.36. The van der Waals surface area contributed by atoms with Crippen LogP contribution < -0.4 is 21.9 Å². The van der Waals surface area contributed by atoms with Crippen LogP contribution in [0.1, 0.15) is 24.3 Å². The summed E-state index contributed by atoms with van der Waals surface area (Å²) in [6, 6.07) is 10.9. The minimum Gasteiger partial charge on any atom is -1.00 e. The number of hydrogen-bond donors (Lipinski definition) is 1. The van der Waals surface area contributed by atoms with Crippen LogP contribution in [0.15, 0.2) is 30.3 Å². The van der Waals surface area contributed by atoms with Crippen LogP contribution in [-0.4, -0.2) is 20.1 Å². The zero-order valence-electron chi connectivity index (χ0n) is 8.67. The molecule has 2 rings (SSSR count). The Balaban J connectivity index is 0.000000980. The quantitative estimate of drug-likeness (QED) is 0.598. The zero-order chi connectivity index (χ0) is 9.10. The molecule has 0 radical (unpaired) electrons. The minimum atomic E-state index is 0. The van der Waals surface area contributed by atoms with Gasteiger partial charge in [0, 0.05) is 12.8 Å². The Morgan fingerprint density at radius 2 is 1.64 bits per heavy atom. The van der Waals surface area contributed by atoms with Crippen LogP contribution in [0.25, 0.3) is 0 Å². The van der Waals surface area contributed by atoms with Gasteiger partial charge in [0.15, 0.2) is 0 Å². The molecule has 1 aliphatic rings. The van der Waals surface area contributed by atoms with Gasteiger partial charge in [-0.2, -0.15) is 0 Å². The second-order valence-corrected chi connectivity index (χ2v) is 4.14. The second-order valence-electron chi connectivity index (χ2n) is 4.14. The fourth-order valence-electron chi connectivity index (χ4n) is 2.17. The molecule has 1 saturated heterocycles. The number of halogens is 1. The van der Waals surface area contributed by atoms with E-state index in [0.717, 1.165) is 5.92 Å². The highest BCUT2D eigenvalue weighted by atomic mass is 79.9. The first-order valence-corrected chi connectivity index (χ1v) is 5.22. The SMILES string of the molecule is C[NH+]1CCC(c2ccccc2)CC1.[Br-]. The maximum absolute atomic E-state index is 2.29. The van der Waals surface area contributed by atoms with Gasteiger partial charge in [-0.25, -0.2) is 0 Å². The summed E-state index contributed by atoms with van der Waals surface area (Å²) >= 11 is 0. The van der Waals surface area contributed by atoms with E-state index in [1.807, 2.05) is 0 Å². The summed E-state index contributed by atoms with van der Waals surface area (Å²) in [6.07, 6.45) is 2.71. The lowest BCUT2D eigenvalue weighted by molar-refractivity contribution is -0.885. The van der Waals surface area contributed by atoms with Crippen LogP contribution in [-0.2, 0) is 0 Å². The fraction of sp³-hybridized carbons (Fsp3) is 0.500. The van der Waals surface area contributed by atoms with Gasteiger partial charge in [0.2, 0.25) is 0 Å². The van der Waals surface area contributed by atoms with Gasteiger partial charge in [0.25, 0.3) is 0 Å². The summed E-state index contributed by atoms with van der Waals surface area (Å²) < 4.78 is 0. The van der Waals surface area contributed by atoms with Gasteiger partial charge >= 0.3 is 0 Å². The largest absolute Gasteiger partial charge is 1.00 e. The summed E-state index contributed by atoms with van der Waals surface area (Å²) in [7, 11) is 2.29. The Hall–Kier alpha value is -0.340. The van der Waals surface area contributed by atoms with Crippen molar-refractivity contribution < 1.29 is 21.9 Å². The van der Waals surface area contributed by atoms with E-state index in [2.05, 4.69) is 37.4 Å². The molecule has 2 heteroatoms. The van der Waals surface area contributed by atoms with E-state index in [-0.39, 0.29) is 17.0 Å². The first kappa shape index (κ1) is 11.7. The second kappa shape index (κ2) is 5.52. The van der Waals surface area contributed by atoms with Gasteiger partial charge in [-0.05, 0) is 11.5 Å². The summed E-state index contributed by atoms with van der Waals surface area (Å²) in [4.78, 5) is 1.69. The fourth-order valence-corrected chi connectivity index (χ4v) is 2.17. The molecule has 0 atom stereocenters. The maximum Gasteiger partial charge on any atom is 0.0774 e. The Morgan fingerprint density at radius 1 is 1.07 bits per heavy atom. The van der Waals surface area contributed by atoms with Gasteiger partial charge in [0.1, 0.15) is 0 Å². The molecular weight excluding hydrogens is 238 g/mol. The summed E-state index contributed by atoms with van der Waals surface area (Å²) in [6.45, 7) is 2.67. The van der Waals surface area contributed by atoms with Gasteiger partial charge in [-0.1, -0.05) is 30.3 Å². The van der Waals surface area contributed by atoms with Gasteiger partial charge in [-0.15, -0.1) is 0 Å². The number of likely N-dealkylation sites (tertiary alicyclic amines) is 1. The van der Waals surface area contributed by atoms with E-state index in [9.17, 15) is 0 Å². The Kier molecular flexibility index (Phi) is 4.63. The lowest BCUT2D eigenvalue weighted by atomic mass is 9.90. The zero-order valence-corrected chi connectivity index (χ0v) is 10.3. The van der Waals surface area contributed by atoms with E-state index in [1.54, 1.807) is 4.90 Å². The molecule has 0 saturated carbocycles. The molecule has 0 unspecified atom stereocenters. The molecule has 1 aromatic rings. The van der Waals surface area contributed by atoms with Crippen molar-refractivity contribution >= 4 is 0 Å². The normalized spacial score (nSPS) is 26.6. The van der Waals surface area contributed by atoms with Gasteiger partial charge in [-0.3, -0.25) is 0 Å². The highest BCUT2D eigenvalue weighted by Crippen LogP contribution is 2.22. The van der Waals surface area contributed by atoms with Crippen molar-refractivity contribution in [2.75, 3.05) is 20.1 Å². The lowest BCUT2D eigenvalue weighted by Crippen LogP contribution is -3.10. The van der Waals surface area contributed by atoms with Crippen molar-refractivity contribution in [1.29, 1.82) is 0 Å². The van der Waals surface area contributed by atoms with Crippen LogP contribution in [0.5, 0.6) is 0 Å². The van der Waals surface area contributed by atoms with Crippen molar-refractivity contribution in [3.63, 3.8) is 0 Å². The minimum absolute atomic E-state index is 0. The molecule has 14 heavy (non-hydrogen) atoms. The Labute approximate surface area is 96.9 Å². The van der Waals surface area contributed by atoms with Gasteiger partial charge < -0.3 is 21.9 Å². The molecular formula is C12H18BrN. The van der Waals surface area contributed by atoms with E-state index in [0.29, 0.717) is 0 Å². The number of piperidine rings is 1. The van der Waals surface area contributed by atoms with Crippen molar-refractivity contribution in [1.82, 2.24) is 0 Å². The lowest BCUT2D eigenvalue weighted by Gasteiger charge is -2.26. The van der Waals surface area contributed by atoms with E-state index >= 15 is 0 Å². The van der Waals surface area contributed by atoms with Crippen molar-refractivity contribution in [2.24, 2.45) is 0 Å². The smallest absolute Gasteiger partial charge is 0.0774 e. The molecule has 0 aromatic heterocycles. The summed E-state index contributed by atoms with van der Waals surface area (Å²) in [5.74, 6) is 0.824. The molecule has 0 spiro atoms.